The van der Waals surface area contributed by atoms with Crippen molar-refractivity contribution in [2.75, 3.05) is 7.11 Å². The first-order chi connectivity index (χ1) is 7.52. The zero-order valence-corrected chi connectivity index (χ0v) is 9.71. The molecule has 1 rings (SSSR count). The van der Waals surface area contributed by atoms with Gasteiger partial charge in [-0.25, -0.2) is 4.79 Å². The Balaban J connectivity index is 3.53. The highest BCUT2D eigenvalue weighted by Crippen LogP contribution is 2.30. The fourth-order valence-electron chi connectivity index (χ4n) is 1.22. The van der Waals surface area contributed by atoms with Crippen LogP contribution in [0.4, 0.5) is 5.69 Å². The van der Waals surface area contributed by atoms with Gasteiger partial charge in [-0.3, -0.25) is 10.1 Å². The number of hydrogen-bond acceptors (Lipinski definition) is 4. The van der Waals surface area contributed by atoms with Crippen LogP contribution in [-0.2, 0) is 10.6 Å². The van der Waals surface area contributed by atoms with E-state index in [0.717, 1.165) is 13.2 Å². The minimum Gasteiger partial charge on any atom is -0.465 e. The molecule has 0 saturated heterocycles. The Hall–Kier alpha value is -1.33. The number of methoxy groups -OCH3 is 1. The lowest BCUT2D eigenvalue weighted by molar-refractivity contribution is -0.385. The second-order valence-corrected chi connectivity index (χ2v) is 3.48. The number of nitrogens with zero attached hydrogens (tertiary/aromatic N) is 1. The van der Waals surface area contributed by atoms with Crippen LogP contribution < -0.4 is 0 Å². The number of alkyl halides is 1. The molecule has 0 radical (unpaired) electrons. The predicted octanol–water partition coefficient (Wildman–Crippen LogP) is 2.77. The molecule has 1 aromatic carbocycles. The van der Waals surface area contributed by atoms with E-state index in [2.05, 4.69) is 4.74 Å². The zero-order chi connectivity index (χ0) is 12.3. The van der Waals surface area contributed by atoms with Gasteiger partial charge in [-0.05, 0) is 6.07 Å². The summed E-state index contributed by atoms with van der Waals surface area (Å²) in [6.07, 6.45) is 0. The summed E-state index contributed by atoms with van der Waals surface area (Å²) in [4.78, 5) is 21.5. The van der Waals surface area contributed by atoms with Crippen LogP contribution in [-0.4, -0.2) is 18.0 Å². The fourth-order valence-corrected chi connectivity index (χ4v) is 1.79. The van der Waals surface area contributed by atoms with Crippen LogP contribution in [0.25, 0.3) is 0 Å². The summed E-state index contributed by atoms with van der Waals surface area (Å²) in [5, 5.41) is 10.9. The Labute approximate surface area is 101 Å². The topological polar surface area (TPSA) is 69.4 Å². The molecule has 86 valence electrons. The molecule has 0 aliphatic rings. The molecule has 0 bridgehead atoms. The summed E-state index contributed by atoms with van der Waals surface area (Å²) in [6.45, 7) is 0. The smallest absolute Gasteiger partial charge is 0.345 e. The summed E-state index contributed by atoms with van der Waals surface area (Å²) in [7, 11) is 1.13. The fraction of sp³-hybridized carbons (Fsp3) is 0.222. The highest BCUT2D eigenvalue weighted by Gasteiger charge is 2.26. The quantitative estimate of drug-likeness (QED) is 0.364. The van der Waals surface area contributed by atoms with E-state index in [1.165, 1.54) is 6.07 Å². The number of ether oxygens (including phenoxy) is 1. The Bertz CT molecular complexity index is 447. The summed E-state index contributed by atoms with van der Waals surface area (Å²) in [5.41, 5.74) is -0.369. The van der Waals surface area contributed by atoms with Gasteiger partial charge in [0.25, 0.3) is 5.69 Å². The van der Waals surface area contributed by atoms with Crippen molar-refractivity contribution in [3.8, 4) is 0 Å². The van der Waals surface area contributed by atoms with E-state index in [-0.39, 0.29) is 27.7 Å². The van der Waals surface area contributed by atoms with Crippen LogP contribution in [0, 0.1) is 10.1 Å². The van der Waals surface area contributed by atoms with Gasteiger partial charge in [0.1, 0.15) is 5.56 Å². The summed E-state index contributed by atoms with van der Waals surface area (Å²) >= 11 is 11.4. The van der Waals surface area contributed by atoms with Gasteiger partial charge in [0, 0.05) is 22.5 Å². The van der Waals surface area contributed by atoms with E-state index in [9.17, 15) is 14.9 Å². The predicted molar refractivity (Wildman–Crippen MR) is 59.0 cm³/mol. The summed E-state index contributed by atoms with van der Waals surface area (Å²) in [5.74, 6) is -0.935. The molecule has 0 saturated carbocycles. The van der Waals surface area contributed by atoms with E-state index >= 15 is 0 Å². The van der Waals surface area contributed by atoms with Gasteiger partial charge in [-0.1, -0.05) is 11.6 Å². The molecule has 0 N–H and O–H groups in total. The van der Waals surface area contributed by atoms with Crippen molar-refractivity contribution in [3.63, 3.8) is 0 Å². The number of nitro benzene ring substituents is 1. The maximum Gasteiger partial charge on any atom is 0.345 e. The second-order valence-electron chi connectivity index (χ2n) is 2.80. The van der Waals surface area contributed by atoms with E-state index in [4.69, 9.17) is 23.2 Å². The van der Waals surface area contributed by atoms with Gasteiger partial charge in [0.05, 0.1) is 12.0 Å². The van der Waals surface area contributed by atoms with E-state index < -0.39 is 10.9 Å². The highest BCUT2D eigenvalue weighted by atomic mass is 35.5. The number of nitro groups is 1. The van der Waals surface area contributed by atoms with Crippen LogP contribution in [0.2, 0.25) is 5.02 Å². The van der Waals surface area contributed by atoms with Gasteiger partial charge < -0.3 is 4.74 Å². The number of carbonyl (C=O) groups excluding carboxylic acids is 1. The molecule has 0 spiro atoms. The van der Waals surface area contributed by atoms with Crippen LogP contribution >= 0.6 is 23.2 Å². The van der Waals surface area contributed by atoms with Crippen LogP contribution in [0.5, 0.6) is 0 Å². The maximum atomic E-state index is 11.4. The summed E-state index contributed by atoms with van der Waals surface area (Å²) in [6, 6.07) is 2.47. The van der Waals surface area contributed by atoms with Crippen LogP contribution in [0.15, 0.2) is 12.1 Å². The summed E-state index contributed by atoms with van der Waals surface area (Å²) < 4.78 is 4.46. The molecular weight excluding hydrogens is 257 g/mol. The number of benzene rings is 1. The highest BCUT2D eigenvalue weighted by molar-refractivity contribution is 6.33. The van der Waals surface area contributed by atoms with E-state index in [1.54, 1.807) is 0 Å². The molecule has 5 nitrogen and oxygen atoms in total. The van der Waals surface area contributed by atoms with Crippen molar-refractivity contribution in [1.29, 1.82) is 0 Å². The molecule has 0 amide bonds. The molecule has 0 aliphatic carbocycles. The number of hydrogen-bond donors (Lipinski definition) is 0. The first kappa shape index (κ1) is 12.7. The molecule has 7 heteroatoms. The number of rotatable bonds is 3. The third-order valence-corrected chi connectivity index (χ3v) is 2.57. The molecule has 0 aliphatic heterocycles. The second kappa shape index (κ2) is 5.14. The Morgan fingerprint density at radius 1 is 1.56 bits per heavy atom. The molecule has 16 heavy (non-hydrogen) atoms. The van der Waals surface area contributed by atoms with Gasteiger partial charge in [-0.2, -0.15) is 0 Å². The first-order valence-corrected chi connectivity index (χ1v) is 5.04. The van der Waals surface area contributed by atoms with Gasteiger partial charge in [0.2, 0.25) is 0 Å². The van der Waals surface area contributed by atoms with Crippen molar-refractivity contribution in [1.82, 2.24) is 0 Å². The normalized spacial score (nSPS) is 9.94. The van der Waals surface area contributed by atoms with Crippen molar-refractivity contribution in [2.24, 2.45) is 0 Å². The molecule has 0 fully saturated rings. The third-order valence-electron chi connectivity index (χ3n) is 1.95. The minimum atomic E-state index is -0.829. The average Bonchev–Trinajstić information content (AvgIpc) is 2.27. The number of esters is 1. The Kier molecular flexibility index (Phi) is 4.09. The molecule has 1 aromatic rings. The first-order valence-electron chi connectivity index (χ1n) is 4.13. The monoisotopic (exact) mass is 263 g/mol. The molecule has 0 heterocycles. The molecule has 0 aromatic heterocycles. The van der Waals surface area contributed by atoms with Gasteiger partial charge >= 0.3 is 5.97 Å². The van der Waals surface area contributed by atoms with Gasteiger partial charge in [0.15, 0.2) is 0 Å². The van der Waals surface area contributed by atoms with Crippen molar-refractivity contribution < 1.29 is 14.5 Å². The van der Waals surface area contributed by atoms with Crippen molar-refractivity contribution >= 4 is 34.9 Å². The Morgan fingerprint density at radius 2 is 2.19 bits per heavy atom. The molecule has 0 unspecified atom stereocenters. The minimum absolute atomic E-state index is 0.106. The van der Waals surface area contributed by atoms with E-state index in [1.807, 2.05) is 0 Å². The number of halogens is 2. The average molecular weight is 264 g/mol. The van der Waals surface area contributed by atoms with Crippen molar-refractivity contribution in [2.45, 2.75) is 5.88 Å². The zero-order valence-electron chi connectivity index (χ0n) is 8.20. The lowest BCUT2D eigenvalue weighted by atomic mass is 10.1. The molecule has 0 atom stereocenters. The van der Waals surface area contributed by atoms with Crippen LogP contribution in [0.3, 0.4) is 0 Å². The van der Waals surface area contributed by atoms with Crippen molar-refractivity contribution in [3.05, 3.63) is 38.4 Å². The standard InChI is InChI=1S/C9H7Cl2NO4/c1-16-9(13)8-5(4-10)6(11)2-3-7(8)12(14)15/h2-3H,4H2,1H3. The third kappa shape index (κ3) is 2.25. The van der Waals surface area contributed by atoms with Gasteiger partial charge in [-0.15, -0.1) is 11.6 Å². The number of carbonyl (C=O) groups is 1. The Morgan fingerprint density at radius 3 is 2.62 bits per heavy atom. The maximum absolute atomic E-state index is 11.4. The SMILES string of the molecule is COC(=O)c1c([N+](=O)[O-])ccc(Cl)c1CCl. The lowest BCUT2D eigenvalue weighted by Gasteiger charge is -2.07. The van der Waals surface area contributed by atoms with Crippen LogP contribution in [0.1, 0.15) is 15.9 Å². The lowest BCUT2D eigenvalue weighted by Crippen LogP contribution is -2.09. The molecular formula is C9H7Cl2NO4. The van der Waals surface area contributed by atoms with E-state index in [0.29, 0.717) is 0 Å². The largest absolute Gasteiger partial charge is 0.465 e.